The molecule has 0 aromatic carbocycles. The molecule has 0 bridgehead atoms. The molecule has 0 aromatic heterocycles. The van der Waals surface area contributed by atoms with Crippen LogP contribution in [-0.4, -0.2) is 18.2 Å². The Morgan fingerprint density at radius 3 is 2.47 bits per heavy atom. The monoisotopic (exact) mass is 265 g/mol. The van der Waals surface area contributed by atoms with Crippen molar-refractivity contribution in [2.75, 3.05) is 6.61 Å². The van der Waals surface area contributed by atoms with Crippen molar-refractivity contribution in [3.63, 3.8) is 0 Å². The maximum Gasteiger partial charge on any atom is 0.0685 e. The third kappa shape index (κ3) is 3.33. The van der Waals surface area contributed by atoms with Gasteiger partial charge in [0.1, 0.15) is 0 Å². The lowest BCUT2D eigenvalue weighted by Crippen LogP contribution is -2.44. The van der Waals surface area contributed by atoms with Crippen molar-refractivity contribution >= 4 is 0 Å². The number of hydrogen-bond acceptors (Lipinski definition) is 2. The van der Waals surface area contributed by atoms with Crippen molar-refractivity contribution in [3.8, 4) is 0 Å². The molecule has 3 fully saturated rings. The zero-order chi connectivity index (χ0) is 13.1. The molecule has 2 N–H and O–H groups in total. The minimum absolute atomic E-state index is 0.243. The Labute approximate surface area is 118 Å². The Hall–Kier alpha value is -0.0800. The molecule has 110 valence electrons. The fourth-order valence-corrected chi connectivity index (χ4v) is 4.80. The molecule has 2 heteroatoms. The van der Waals surface area contributed by atoms with Crippen molar-refractivity contribution in [3.05, 3.63) is 0 Å². The highest BCUT2D eigenvalue weighted by Gasteiger charge is 2.41. The summed E-state index contributed by atoms with van der Waals surface area (Å²) < 4.78 is 6.14. The fourth-order valence-electron chi connectivity index (χ4n) is 4.80. The second kappa shape index (κ2) is 6.13. The highest BCUT2D eigenvalue weighted by molar-refractivity contribution is 4.94. The molecular weight excluding hydrogens is 234 g/mol. The first-order valence-corrected chi connectivity index (χ1v) is 8.67. The van der Waals surface area contributed by atoms with Crippen molar-refractivity contribution in [2.24, 2.45) is 17.6 Å². The van der Waals surface area contributed by atoms with E-state index in [1.54, 1.807) is 0 Å². The van der Waals surface area contributed by atoms with Crippen LogP contribution in [0.3, 0.4) is 0 Å². The van der Waals surface area contributed by atoms with Crippen molar-refractivity contribution in [1.29, 1.82) is 0 Å². The summed E-state index contributed by atoms with van der Waals surface area (Å²) >= 11 is 0. The molecule has 2 unspecified atom stereocenters. The quantitative estimate of drug-likeness (QED) is 0.836. The molecule has 0 amide bonds. The van der Waals surface area contributed by atoms with Gasteiger partial charge in [-0.2, -0.15) is 0 Å². The number of hydrogen-bond donors (Lipinski definition) is 1. The first-order valence-electron chi connectivity index (χ1n) is 8.67. The minimum Gasteiger partial charge on any atom is -0.375 e. The van der Waals surface area contributed by atoms with Gasteiger partial charge in [0.25, 0.3) is 0 Å². The van der Waals surface area contributed by atoms with Crippen LogP contribution in [0, 0.1) is 11.8 Å². The highest BCUT2D eigenvalue weighted by atomic mass is 16.5. The molecule has 2 aliphatic carbocycles. The van der Waals surface area contributed by atoms with Gasteiger partial charge in [0.2, 0.25) is 0 Å². The predicted octanol–water partition coefficient (Wildman–Crippen LogP) is 4.02. The average molecular weight is 265 g/mol. The molecule has 2 nitrogen and oxygen atoms in total. The SMILES string of the molecule is NC(CC1CCCCC1)C1CCOC2(CCCC2)C1. The lowest BCUT2D eigenvalue weighted by atomic mass is 9.76. The molecule has 19 heavy (non-hydrogen) atoms. The first kappa shape index (κ1) is 13.9. The topological polar surface area (TPSA) is 35.2 Å². The molecule has 1 spiro atoms. The van der Waals surface area contributed by atoms with E-state index in [4.69, 9.17) is 10.5 Å². The molecule has 3 rings (SSSR count). The van der Waals surface area contributed by atoms with Crippen LogP contribution < -0.4 is 5.73 Å². The van der Waals surface area contributed by atoms with Gasteiger partial charge < -0.3 is 10.5 Å². The van der Waals surface area contributed by atoms with E-state index in [2.05, 4.69) is 0 Å². The smallest absolute Gasteiger partial charge is 0.0685 e. The molecule has 1 aliphatic heterocycles. The standard InChI is InChI=1S/C17H31NO/c18-16(12-14-6-2-1-3-7-14)15-8-11-19-17(13-15)9-4-5-10-17/h14-16H,1-13,18H2. The fraction of sp³-hybridized carbons (Fsp3) is 1.00. The largest absolute Gasteiger partial charge is 0.375 e. The van der Waals surface area contributed by atoms with E-state index in [1.807, 2.05) is 0 Å². The Morgan fingerprint density at radius 1 is 1.00 bits per heavy atom. The molecule has 1 saturated heterocycles. The molecule has 2 saturated carbocycles. The second-order valence-corrected chi connectivity index (χ2v) is 7.40. The van der Waals surface area contributed by atoms with Crippen LogP contribution in [0.4, 0.5) is 0 Å². The lowest BCUT2D eigenvalue weighted by molar-refractivity contribution is -0.0971. The van der Waals surface area contributed by atoms with Crippen LogP contribution in [0.15, 0.2) is 0 Å². The van der Waals surface area contributed by atoms with Crippen LogP contribution in [0.25, 0.3) is 0 Å². The Morgan fingerprint density at radius 2 is 1.74 bits per heavy atom. The van der Waals surface area contributed by atoms with Gasteiger partial charge in [-0.15, -0.1) is 0 Å². The summed E-state index contributed by atoms with van der Waals surface area (Å²) in [5, 5.41) is 0. The predicted molar refractivity (Wildman–Crippen MR) is 79.0 cm³/mol. The van der Waals surface area contributed by atoms with Gasteiger partial charge in [0, 0.05) is 12.6 Å². The maximum absolute atomic E-state index is 6.57. The summed E-state index contributed by atoms with van der Waals surface area (Å²) in [6, 6.07) is 0.435. The van der Waals surface area contributed by atoms with E-state index >= 15 is 0 Å². The number of nitrogens with two attached hydrogens (primary N) is 1. The number of ether oxygens (including phenoxy) is 1. The van der Waals surface area contributed by atoms with Crippen LogP contribution in [0.1, 0.15) is 77.0 Å². The summed E-state index contributed by atoms with van der Waals surface area (Å²) in [6.45, 7) is 0.961. The first-order chi connectivity index (χ1) is 9.27. The third-order valence-electron chi connectivity index (χ3n) is 5.98. The van der Waals surface area contributed by atoms with Crippen molar-refractivity contribution < 1.29 is 4.74 Å². The third-order valence-corrected chi connectivity index (χ3v) is 5.98. The average Bonchev–Trinajstić information content (AvgIpc) is 2.88. The molecule has 2 atom stereocenters. The molecule has 1 heterocycles. The van der Waals surface area contributed by atoms with Gasteiger partial charge in [-0.1, -0.05) is 44.9 Å². The van der Waals surface area contributed by atoms with Crippen molar-refractivity contribution in [2.45, 2.75) is 88.7 Å². The van der Waals surface area contributed by atoms with E-state index in [1.165, 1.54) is 77.0 Å². The van der Waals surface area contributed by atoms with E-state index in [0.717, 1.165) is 18.4 Å². The van der Waals surface area contributed by atoms with Gasteiger partial charge in [-0.25, -0.2) is 0 Å². The highest BCUT2D eigenvalue weighted by Crippen LogP contribution is 2.43. The lowest BCUT2D eigenvalue weighted by Gasteiger charge is -2.41. The van der Waals surface area contributed by atoms with Crippen LogP contribution in [-0.2, 0) is 4.74 Å². The van der Waals surface area contributed by atoms with Crippen LogP contribution in [0.5, 0.6) is 0 Å². The summed E-state index contributed by atoms with van der Waals surface area (Å²) in [6.07, 6.45) is 16.2. The van der Waals surface area contributed by atoms with E-state index in [9.17, 15) is 0 Å². The summed E-state index contributed by atoms with van der Waals surface area (Å²) in [5.74, 6) is 1.65. The minimum atomic E-state index is 0.243. The Balaban J connectivity index is 1.52. The van der Waals surface area contributed by atoms with E-state index in [-0.39, 0.29) is 5.60 Å². The summed E-state index contributed by atoms with van der Waals surface area (Å²) in [5.41, 5.74) is 6.82. The summed E-state index contributed by atoms with van der Waals surface area (Å²) in [7, 11) is 0. The zero-order valence-corrected chi connectivity index (χ0v) is 12.4. The van der Waals surface area contributed by atoms with Gasteiger partial charge in [-0.3, -0.25) is 0 Å². The molecule has 0 aromatic rings. The van der Waals surface area contributed by atoms with Crippen LogP contribution in [0.2, 0.25) is 0 Å². The van der Waals surface area contributed by atoms with Crippen molar-refractivity contribution in [1.82, 2.24) is 0 Å². The van der Waals surface area contributed by atoms with Gasteiger partial charge in [0.15, 0.2) is 0 Å². The zero-order valence-electron chi connectivity index (χ0n) is 12.4. The van der Waals surface area contributed by atoms with Gasteiger partial charge in [-0.05, 0) is 43.9 Å². The van der Waals surface area contributed by atoms with Crippen LogP contribution >= 0.6 is 0 Å². The van der Waals surface area contributed by atoms with E-state index in [0.29, 0.717) is 6.04 Å². The second-order valence-electron chi connectivity index (χ2n) is 7.40. The Bertz CT molecular complexity index is 279. The molecule has 0 radical (unpaired) electrons. The number of rotatable bonds is 3. The maximum atomic E-state index is 6.57. The van der Waals surface area contributed by atoms with Gasteiger partial charge >= 0.3 is 0 Å². The Kier molecular flexibility index (Phi) is 4.48. The van der Waals surface area contributed by atoms with Gasteiger partial charge in [0.05, 0.1) is 5.60 Å². The molecule has 3 aliphatic rings. The van der Waals surface area contributed by atoms with E-state index < -0.39 is 0 Å². The normalized spacial score (nSPS) is 33.6. The molecular formula is C17H31NO. The summed E-state index contributed by atoms with van der Waals surface area (Å²) in [4.78, 5) is 0.